The second-order valence-electron chi connectivity index (χ2n) is 8.72. The van der Waals surface area contributed by atoms with E-state index in [1.807, 2.05) is 72.5 Å². The zero-order chi connectivity index (χ0) is 22.4. The minimum absolute atomic E-state index is 0.118. The number of Topliss-reactive ketones (excluding diaryl/α,β-unsaturated/α-hetero) is 1. The van der Waals surface area contributed by atoms with Crippen molar-refractivity contribution in [3.63, 3.8) is 0 Å². The highest BCUT2D eigenvalue weighted by Gasteiger charge is 2.63. The molecule has 0 aromatic heterocycles. The molecule has 3 heterocycles. The van der Waals surface area contributed by atoms with Gasteiger partial charge in [0.25, 0.3) is 0 Å². The van der Waals surface area contributed by atoms with Crippen molar-refractivity contribution in [3.05, 3.63) is 71.3 Å². The Morgan fingerprint density at radius 2 is 1.72 bits per heavy atom. The normalized spacial score (nSPS) is 25.7. The fourth-order valence-electron chi connectivity index (χ4n) is 5.35. The van der Waals surface area contributed by atoms with Crippen LogP contribution in [-0.2, 0) is 14.3 Å². The number of ketones is 1. The number of methoxy groups -OCH3 is 1. The molecule has 0 bridgehead atoms. The van der Waals surface area contributed by atoms with Crippen LogP contribution in [0.25, 0.3) is 6.08 Å². The van der Waals surface area contributed by atoms with E-state index < -0.39 is 17.9 Å². The second-order valence-corrected chi connectivity index (χ2v) is 8.72. The molecule has 0 saturated carbocycles. The maximum atomic E-state index is 13.8. The Morgan fingerprint density at radius 1 is 1.00 bits per heavy atom. The molecule has 3 aliphatic rings. The summed E-state index contributed by atoms with van der Waals surface area (Å²) in [7, 11) is 1.60. The lowest BCUT2D eigenvalue weighted by Crippen LogP contribution is -2.48. The first kappa shape index (κ1) is 20.6. The van der Waals surface area contributed by atoms with Gasteiger partial charge in [0.05, 0.1) is 17.9 Å². The summed E-state index contributed by atoms with van der Waals surface area (Å²) >= 11 is 0. The molecule has 164 valence electrons. The molecule has 0 aliphatic carbocycles. The number of rotatable bonds is 6. The van der Waals surface area contributed by atoms with E-state index in [1.165, 1.54) is 4.90 Å². The SMILES string of the molecule is COCCCN1C(=O)[C@H]2[C@H](C1=O)[C@H](C(=O)c1ccc(C)cc1)N1c3ccccc3C=C[C@H]21. The number of hydrogen-bond acceptors (Lipinski definition) is 5. The zero-order valence-electron chi connectivity index (χ0n) is 18.2. The lowest BCUT2D eigenvalue weighted by Gasteiger charge is -2.36. The van der Waals surface area contributed by atoms with E-state index in [-0.39, 0.29) is 23.6 Å². The Kier molecular flexibility index (Phi) is 5.18. The van der Waals surface area contributed by atoms with Gasteiger partial charge in [-0.1, -0.05) is 60.2 Å². The summed E-state index contributed by atoms with van der Waals surface area (Å²) in [5.41, 5.74) is 3.50. The van der Waals surface area contributed by atoms with Crippen molar-refractivity contribution in [1.82, 2.24) is 4.90 Å². The third-order valence-electron chi connectivity index (χ3n) is 6.84. The van der Waals surface area contributed by atoms with E-state index in [0.717, 1.165) is 16.8 Å². The number of amides is 2. The average molecular weight is 431 g/mol. The number of para-hydroxylation sites is 1. The predicted molar refractivity (Wildman–Crippen MR) is 121 cm³/mol. The van der Waals surface area contributed by atoms with E-state index >= 15 is 0 Å². The van der Waals surface area contributed by atoms with Gasteiger partial charge in [-0.05, 0) is 25.0 Å². The number of anilines is 1. The van der Waals surface area contributed by atoms with Crippen LogP contribution in [0.2, 0.25) is 0 Å². The quantitative estimate of drug-likeness (QED) is 0.400. The highest BCUT2D eigenvalue weighted by Crippen LogP contribution is 2.49. The zero-order valence-corrected chi connectivity index (χ0v) is 18.2. The molecule has 0 unspecified atom stereocenters. The summed E-state index contributed by atoms with van der Waals surface area (Å²) in [6, 6.07) is 14.2. The molecule has 2 saturated heterocycles. The summed E-state index contributed by atoms with van der Waals surface area (Å²) in [5.74, 6) is -1.81. The second kappa shape index (κ2) is 8.02. The Balaban J connectivity index is 1.58. The van der Waals surface area contributed by atoms with Gasteiger partial charge in [0.1, 0.15) is 6.04 Å². The maximum absolute atomic E-state index is 13.8. The van der Waals surface area contributed by atoms with Crippen LogP contribution >= 0.6 is 0 Å². The third-order valence-corrected chi connectivity index (χ3v) is 6.84. The molecule has 2 amide bonds. The first-order chi connectivity index (χ1) is 15.5. The molecule has 6 nitrogen and oxygen atoms in total. The maximum Gasteiger partial charge on any atom is 0.235 e. The molecule has 0 radical (unpaired) electrons. The van der Waals surface area contributed by atoms with Crippen LogP contribution in [-0.4, -0.2) is 54.8 Å². The molecule has 0 N–H and O–H groups in total. The van der Waals surface area contributed by atoms with E-state index in [4.69, 9.17) is 4.74 Å². The monoisotopic (exact) mass is 430 g/mol. The number of carbonyl (C=O) groups excluding carboxylic acids is 3. The highest BCUT2D eigenvalue weighted by atomic mass is 16.5. The molecule has 4 atom stereocenters. The molecule has 0 spiro atoms. The number of ether oxygens (including phenoxy) is 1. The lowest BCUT2D eigenvalue weighted by molar-refractivity contribution is -0.140. The molecule has 3 aliphatic heterocycles. The van der Waals surface area contributed by atoms with Crippen molar-refractivity contribution in [2.24, 2.45) is 11.8 Å². The number of benzene rings is 2. The van der Waals surface area contributed by atoms with Crippen LogP contribution in [0.1, 0.15) is 27.9 Å². The van der Waals surface area contributed by atoms with Gasteiger partial charge in [-0.15, -0.1) is 0 Å². The minimum atomic E-state index is -0.720. The standard InChI is InChI=1S/C26H26N2O4/c1-16-8-10-18(11-9-16)24(29)23-22-21(25(30)27(26(22)31)14-5-15-32-2)20-13-12-17-6-3-4-7-19(17)28(20)23/h3-4,6-13,20-23H,5,14-15H2,1-2H3/t20-,21-,22+,23-/m1/s1. The average Bonchev–Trinajstić information content (AvgIpc) is 3.28. The number of fused-ring (bicyclic) bond motifs is 5. The molecule has 5 rings (SSSR count). The summed E-state index contributed by atoms with van der Waals surface area (Å²) in [5, 5.41) is 0. The van der Waals surface area contributed by atoms with Gasteiger partial charge in [-0.25, -0.2) is 0 Å². The number of aryl methyl sites for hydroxylation is 1. The van der Waals surface area contributed by atoms with Crippen LogP contribution in [0.3, 0.4) is 0 Å². The van der Waals surface area contributed by atoms with Crippen LogP contribution < -0.4 is 4.90 Å². The molecule has 2 aromatic carbocycles. The van der Waals surface area contributed by atoms with Gasteiger partial charge in [0.15, 0.2) is 5.78 Å². The van der Waals surface area contributed by atoms with E-state index in [1.54, 1.807) is 7.11 Å². The van der Waals surface area contributed by atoms with E-state index in [9.17, 15) is 14.4 Å². The van der Waals surface area contributed by atoms with Gasteiger partial charge in [0, 0.05) is 31.5 Å². The summed E-state index contributed by atoms with van der Waals surface area (Å²) in [4.78, 5) is 44.1. The van der Waals surface area contributed by atoms with Crippen LogP contribution in [0, 0.1) is 18.8 Å². The fraction of sp³-hybridized carbons (Fsp3) is 0.346. The minimum Gasteiger partial charge on any atom is -0.385 e. The van der Waals surface area contributed by atoms with Gasteiger partial charge < -0.3 is 9.64 Å². The summed E-state index contributed by atoms with van der Waals surface area (Å²) in [6.45, 7) is 2.76. The lowest BCUT2D eigenvalue weighted by atomic mass is 9.86. The van der Waals surface area contributed by atoms with Crippen molar-refractivity contribution < 1.29 is 19.1 Å². The van der Waals surface area contributed by atoms with Crippen molar-refractivity contribution in [1.29, 1.82) is 0 Å². The van der Waals surface area contributed by atoms with Gasteiger partial charge in [0.2, 0.25) is 11.8 Å². The Hall–Kier alpha value is -3.25. The fourth-order valence-corrected chi connectivity index (χ4v) is 5.35. The molecule has 6 heteroatoms. The van der Waals surface area contributed by atoms with Crippen molar-refractivity contribution >= 4 is 29.4 Å². The number of likely N-dealkylation sites (tertiary alicyclic amines) is 1. The Bertz CT molecular complexity index is 1110. The molecule has 2 aromatic rings. The molecule has 2 fully saturated rings. The number of hydrogen-bond donors (Lipinski definition) is 0. The number of nitrogens with zero attached hydrogens (tertiary/aromatic N) is 2. The molecular weight excluding hydrogens is 404 g/mol. The van der Waals surface area contributed by atoms with Gasteiger partial charge in [-0.3, -0.25) is 19.3 Å². The first-order valence-electron chi connectivity index (χ1n) is 11.0. The van der Waals surface area contributed by atoms with Gasteiger partial charge >= 0.3 is 0 Å². The Labute approximate surface area is 187 Å². The van der Waals surface area contributed by atoms with Gasteiger partial charge in [-0.2, -0.15) is 0 Å². The van der Waals surface area contributed by atoms with Crippen molar-refractivity contribution in [2.45, 2.75) is 25.4 Å². The summed E-state index contributed by atoms with van der Waals surface area (Å²) in [6.07, 6.45) is 4.56. The molecular formula is C26H26N2O4. The highest BCUT2D eigenvalue weighted by molar-refractivity contribution is 6.14. The Morgan fingerprint density at radius 3 is 2.47 bits per heavy atom. The van der Waals surface area contributed by atoms with Crippen LogP contribution in [0.15, 0.2) is 54.6 Å². The first-order valence-corrected chi connectivity index (χ1v) is 11.0. The number of carbonyl (C=O) groups is 3. The predicted octanol–water partition coefficient (Wildman–Crippen LogP) is 3.10. The smallest absolute Gasteiger partial charge is 0.235 e. The largest absolute Gasteiger partial charge is 0.385 e. The topological polar surface area (TPSA) is 66.9 Å². The third kappa shape index (κ3) is 3.09. The van der Waals surface area contributed by atoms with Crippen LogP contribution in [0.4, 0.5) is 5.69 Å². The molecule has 32 heavy (non-hydrogen) atoms. The van der Waals surface area contributed by atoms with Crippen molar-refractivity contribution in [2.75, 3.05) is 25.2 Å². The number of imide groups is 1. The van der Waals surface area contributed by atoms with Crippen LogP contribution in [0.5, 0.6) is 0 Å². The summed E-state index contributed by atoms with van der Waals surface area (Å²) < 4.78 is 5.10. The van der Waals surface area contributed by atoms with E-state index in [0.29, 0.717) is 25.1 Å². The van der Waals surface area contributed by atoms with E-state index in [2.05, 4.69) is 0 Å². The van der Waals surface area contributed by atoms with Crippen molar-refractivity contribution in [3.8, 4) is 0 Å².